The number of amides is 1. The maximum Gasteiger partial charge on any atom is 0.297 e. The summed E-state index contributed by atoms with van der Waals surface area (Å²) in [5.74, 6) is 0.807. The molecule has 3 aromatic rings. The molecule has 1 amide bonds. The molecule has 0 atom stereocenters. The molecule has 1 fully saturated rings. The molecule has 1 aromatic heterocycles. The number of nitrogens with zero attached hydrogens (tertiary/aromatic N) is 4. The minimum atomic E-state index is -3.36. The second-order valence-electron chi connectivity index (χ2n) is 6.95. The van der Waals surface area contributed by atoms with E-state index in [1.807, 2.05) is 30.3 Å². The molecule has 0 spiro atoms. The number of anilines is 1. The first-order chi connectivity index (χ1) is 13.3. The van der Waals surface area contributed by atoms with E-state index in [1.54, 1.807) is 23.9 Å². The summed E-state index contributed by atoms with van der Waals surface area (Å²) < 4.78 is 25.3. The van der Waals surface area contributed by atoms with E-state index in [0.717, 1.165) is 30.6 Å². The predicted molar refractivity (Wildman–Crippen MR) is 106 cm³/mol. The summed E-state index contributed by atoms with van der Waals surface area (Å²) in [6.45, 7) is 0. The number of hydrogen-bond donors (Lipinski definition) is 0. The molecule has 0 saturated heterocycles. The largest absolute Gasteiger partial charge is 0.309 e. The van der Waals surface area contributed by atoms with E-state index in [1.165, 1.54) is 17.0 Å². The van der Waals surface area contributed by atoms with Crippen molar-refractivity contribution in [2.45, 2.75) is 23.7 Å². The van der Waals surface area contributed by atoms with Crippen LogP contribution in [0.4, 0.5) is 5.69 Å². The van der Waals surface area contributed by atoms with Gasteiger partial charge in [-0.25, -0.2) is 18.1 Å². The van der Waals surface area contributed by atoms with Gasteiger partial charge in [-0.1, -0.05) is 24.3 Å². The minimum absolute atomic E-state index is 0.0954. The van der Waals surface area contributed by atoms with Crippen LogP contribution in [0.5, 0.6) is 0 Å². The molecule has 1 heterocycles. The zero-order chi connectivity index (χ0) is 19.9. The summed E-state index contributed by atoms with van der Waals surface area (Å²) in [5, 5.41) is 4.46. The molecule has 0 aliphatic heterocycles. The summed E-state index contributed by atoms with van der Waals surface area (Å²) in [4.78, 5) is 19.0. The average Bonchev–Trinajstić information content (AvgIpc) is 3.45. The van der Waals surface area contributed by atoms with Gasteiger partial charge in [0.2, 0.25) is 5.82 Å². The highest BCUT2D eigenvalue weighted by Gasteiger charge is 2.32. The van der Waals surface area contributed by atoms with Crippen LogP contribution in [0.3, 0.4) is 0 Å². The van der Waals surface area contributed by atoms with E-state index in [0.29, 0.717) is 11.6 Å². The second-order valence-corrected chi connectivity index (χ2v) is 8.96. The Bertz CT molecular complexity index is 1140. The number of para-hydroxylation sites is 1. The number of aromatic nitrogens is 3. The van der Waals surface area contributed by atoms with Crippen molar-refractivity contribution in [1.82, 2.24) is 14.8 Å². The van der Waals surface area contributed by atoms with Crippen molar-refractivity contribution >= 4 is 21.4 Å². The van der Waals surface area contributed by atoms with Crippen LogP contribution in [0.15, 0.2) is 59.5 Å². The van der Waals surface area contributed by atoms with Gasteiger partial charge in [-0.2, -0.15) is 0 Å². The van der Waals surface area contributed by atoms with Crippen molar-refractivity contribution in [1.29, 1.82) is 0 Å². The Hall–Kier alpha value is -3.00. The summed E-state index contributed by atoms with van der Waals surface area (Å²) in [7, 11) is -1.78. The van der Waals surface area contributed by atoms with Gasteiger partial charge in [-0.05, 0) is 43.2 Å². The summed E-state index contributed by atoms with van der Waals surface area (Å²) >= 11 is 0. The topological polar surface area (TPSA) is 85.2 Å². The maximum atomic E-state index is 13.0. The van der Waals surface area contributed by atoms with Gasteiger partial charge in [0.15, 0.2) is 9.84 Å². The fourth-order valence-corrected chi connectivity index (χ4v) is 3.63. The predicted octanol–water partition coefficient (Wildman–Crippen LogP) is 2.82. The van der Waals surface area contributed by atoms with Crippen molar-refractivity contribution in [3.05, 3.63) is 66.2 Å². The van der Waals surface area contributed by atoms with Crippen LogP contribution in [0.2, 0.25) is 0 Å². The van der Waals surface area contributed by atoms with E-state index in [-0.39, 0.29) is 16.6 Å². The van der Waals surface area contributed by atoms with Crippen molar-refractivity contribution in [2.75, 3.05) is 18.2 Å². The Morgan fingerprint density at radius 1 is 1.11 bits per heavy atom. The molecule has 1 saturated carbocycles. The first kappa shape index (κ1) is 18.4. The molecule has 1 aliphatic carbocycles. The molecule has 2 aromatic carbocycles. The third-order valence-electron chi connectivity index (χ3n) is 4.70. The molecule has 0 N–H and O–H groups in total. The van der Waals surface area contributed by atoms with Gasteiger partial charge in [0.05, 0.1) is 10.6 Å². The lowest BCUT2D eigenvalue weighted by atomic mass is 10.3. The Labute approximate surface area is 163 Å². The molecule has 1 aliphatic rings. The first-order valence-corrected chi connectivity index (χ1v) is 10.8. The molecular weight excluding hydrogens is 376 g/mol. The van der Waals surface area contributed by atoms with Crippen LogP contribution in [0, 0.1) is 0 Å². The average molecular weight is 396 g/mol. The van der Waals surface area contributed by atoms with E-state index in [9.17, 15) is 13.2 Å². The SMILES string of the molecule is CN(C(=O)c1nc(C2CC2)n(-c2ccccc2)n1)c1cccc(S(C)(=O)=O)c1. The molecule has 0 unspecified atom stereocenters. The number of carbonyl (C=O) groups is 1. The lowest BCUT2D eigenvalue weighted by Gasteiger charge is -2.16. The summed E-state index contributed by atoms with van der Waals surface area (Å²) in [6.07, 6.45) is 3.20. The lowest BCUT2D eigenvalue weighted by molar-refractivity contribution is 0.0983. The minimum Gasteiger partial charge on any atom is -0.309 e. The van der Waals surface area contributed by atoms with E-state index in [2.05, 4.69) is 10.1 Å². The molecule has 7 nitrogen and oxygen atoms in total. The van der Waals surface area contributed by atoms with E-state index >= 15 is 0 Å². The van der Waals surface area contributed by atoms with Crippen molar-refractivity contribution in [3.8, 4) is 5.69 Å². The monoisotopic (exact) mass is 396 g/mol. The normalized spacial score (nSPS) is 14.1. The highest BCUT2D eigenvalue weighted by molar-refractivity contribution is 7.90. The zero-order valence-corrected chi connectivity index (χ0v) is 16.4. The molecule has 4 rings (SSSR count). The molecule has 0 bridgehead atoms. The van der Waals surface area contributed by atoms with E-state index < -0.39 is 9.84 Å². The van der Waals surface area contributed by atoms with Gasteiger partial charge < -0.3 is 4.90 Å². The van der Waals surface area contributed by atoms with Gasteiger partial charge in [-0.15, -0.1) is 5.10 Å². The summed E-state index contributed by atoms with van der Waals surface area (Å²) in [6, 6.07) is 15.9. The van der Waals surface area contributed by atoms with Gasteiger partial charge in [0, 0.05) is 24.9 Å². The molecule has 144 valence electrons. The van der Waals surface area contributed by atoms with Crippen molar-refractivity contribution < 1.29 is 13.2 Å². The van der Waals surface area contributed by atoms with Crippen molar-refractivity contribution in [3.63, 3.8) is 0 Å². The Kier molecular flexibility index (Phi) is 4.50. The van der Waals surface area contributed by atoms with Crippen LogP contribution >= 0.6 is 0 Å². The van der Waals surface area contributed by atoms with Crippen LogP contribution in [0.1, 0.15) is 35.2 Å². The number of carbonyl (C=O) groups excluding carboxylic acids is 1. The molecule has 0 radical (unpaired) electrons. The van der Waals surface area contributed by atoms with Crippen molar-refractivity contribution in [2.24, 2.45) is 0 Å². The summed E-state index contributed by atoms with van der Waals surface area (Å²) in [5.41, 5.74) is 1.33. The maximum absolute atomic E-state index is 13.0. The fraction of sp³-hybridized carbons (Fsp3) is 0.250. The molecular formula is C20H20N4O3S. The number of hydrogen-bond acceptors (Lipinski definition) is 5. The van der Waals surface area contributed by atoms with Crippen LogP contribution in [0.25, 0.3) is 5.69 Å². The highest BCUT2D eigenvalue weighted by atomic mass is 32.2. The second kappa shape index (κ2) is 6.87. The van der Waals surface area contributed by atoms with Crippen LogP contribution in [-0.4, -0.2) is 42.4 Å². The molecule has 28 heavy (non-hydrogen) atoms. The molecule has 8 heteroatoms. The fourth-order valence-electron chi connectivity index (χ4n) is 2.97. The van der Waals surface area contributed by atoms with Gasteiger partial charge in [0.25, 0.3) is 5.91 Å². The first-order valence-electron chi connectivity index (χ1n) is 8.95. The number of rotatable bonds is 5. The Morgan fingerprint density at radius 3 is 2.46 bits per heavy atom. The van der Waals surface area contributed by atoms with Gasteiger partial charge in [0.1, 0.15) is 5.82 Å². The third kappa shape index (κ3) is 3.55. The Balaban J connectivity index is 1.69. The zero-order valence-electron chi connectivity index (χ0n) is 15.6. The number of sulfone groups is 1. The quantitative estimate of drug-likeness (QED) is 0.662. The smallest absolute Gasteiger partial charge is 0.297 e. The van der Waals surface area contributed by atoms with Gasteiger partial charge in [-0.3, -0.25) is 4.79 Å². The van der Waals surface area contributed by atoms with E-state index in [4.69, 9.17) is 0 Å². The van der Waals surface area contributed by atoms with Crippen LogP contribution < -0.4 is 4.90 Å². The third-order valence-corrected chi connectivity index (χ3v) is 5.81. The lowest BCUT2D eigenvalue weighted by Crippen LogP contribution is -2.27. The number of benzene rings is 2. The standard InChI is InChI=1S/C20H20N4O3S/c1-23(16-9-6-10-17(13-16)28(2,26)27)20(25)18-21-19(14-11-12-14)24(22-18)15-7-4-3-5-8-15/h3-10,13-14H,11-12H2,1-2H3. The Morgan fingerprint density at radius 2 is 1.82 bits per heavy atom. The van der Waals surface area contributed by atoms with Crippen LogP contribution in [-0.2, 0) is 9.84 Å². The highest BCUT2D eigenvalue weighted by Crippen LogP contribution is 2.39. The van der Waals surface area contributed by atoms with Gasteiger partial charge >= 0.3 is 0 Å².